The monoisotopic (exact) mass is 357 g/mol. The number of fused-ring (bicyclic) bond motifs is 1. The number of hydrogen-bond acceptors (Lipinski definition) is 2. The van der Waals surface area contributed by atoms with Gasteiger partial charge in [-0.1, -0.05) is 12.1 Å². The molecule has 3 nitrogen and oxygen atoms in total. The Balaban J connectivity index is 0.000000500. The summed E-state index contributed by atoms with van der Waals surface area (Å²) in [6.07, 6.45) is 0. The first kappa shape index (κ1) is 7.78. The van der Waals surface area contributed by atoms with Gasteiger partial charge in [0, 0.05) is 31.1 Å². The van der Waals surface area contributed by atoms with Crippen molar-refractivity contribution in [3.63, 3.8) is 0 Å². The molecule has 1 aromatic carbocycles. The molecule has 2 aromatic rings. The summed E-state index contributed by atoms with van der Waals surface area (Å²) in [7, 11) is 0. The van der Waals surface area contributed by atoms with Crippen LogP contribution in [0.25, 0.3) is 11.0 Å². The Kier molecular flexibility index (Phi) is 2.47. The molecule has 1 N–H and O–H groups in total. The van der Waals surface area contributed by atoms with E-state index in [2.05, 4.69) is 15.4 Å². The first-order valence-electron chi connectivity index (χ1n) is 2.72. The third kappa shape index (κ3) is 1.23. The fraction of sp³-hybridized carbons (Fsp3) is 0. The number of aromatic nitrogens is 3. The molecule has 0 radical (unpaired) electrons. The van der Waals surface area contributed by atoms with Gasteiger partial charge in [0.2, 0.25) is 0 Å². The number of benzene rings is 1. The first-order valence-corrected chi connectivity index (χ1v) is 2.72. The smallest absolute Gasteiger partial charge is 0.112 e. The van der Waals surface area contributed by atoms with Gasteiger partial charge in [-0.05, 0) is 12.1 Å². The van der Waals surface area contributed by atoms with Crippen LogP contribution in [0.2, 0.25) is 0 Å². The average Bonchev–Trinajstić information content (AvgIpc) is 2.33. The molecule has 0 saturated heterocycles. The standard InChI is InChI=1S/C6H5N3.U/c1-2-4-6-5(3-1)7-9-8-6;/h1-4H,(H,7,8,9);. The minimum atomic E-state index is 0. The number of hydrogen-bond donors (Lipinski definition) is 1. The zero-order valence-corrected chi connectivity index (χ0v) is 9.37. The van der Waals surface area contributed by atoms with Crippen LogP contribution in [0.1, 0.15) is 0 Å². The van der Waals surface area contributed by atoms with Crippen molar-refractivity contribution in [3.8, 4) is 0 Å². The van der Waals surface area contributed by atoms with Gasteiger partial charge in [0.25, 0.3) is 0 Å². The average molecular weight is 357 g/mol. The Morgan fingerprint density at radius 2 is 1.50 bits per heavy atom. The van der Waals surface area contributed by atoms with Crippen molar-refractivity contribution < 1.29 is 31.1 Å². The van der Waals surface area contributed by atoms with E-state index in [9.17, 15) is 0 Å². The normalized spacial score (nSPS) is 9.20. The van der Waals surface area contributed by atoms with Crippen LogP contribution in [-0.2, 0) is 0 Å². The molecule has 0 aliphatic rings. The van der Waals surface area contributed by atoms with Gasteiger partial charge in [-0.3, -0.25) is 0 Å². The summed E-state index contributed by atoms with van der Waals surface area (Å²) >= 11 is 0. The van der Waals surface area contributed by atoms with Gasteiger partial charge < -0.3 is 0 Å². The zero-order chi connectivity index (χ0) is 6.10. The largest absolute Gasteiger partial charge is 0.197 e. The number of rotatable bonds is 0. The summed E-state index contributed by atoms with van der Waals surface area (Å²) in [5.41, 5.74) is 1.83. The Morgan fingerprint density at radius 3 is 2.00 bits per heavy atom. The second-order valence-corrected chi connectivity index (χ2v) is 1.81. The molecule has 0 atom stereocenters. The molecule has 48 valence electrons. The van der Waals surface area contributed by atoms with Crippen LogP contribution in [0.15, 0.2) is 24.3 Å². The fourth-order valence-electron chi connectivity index (χ4n) is 0.786. The van der Waals surface area contributed by atoms with Gasteiger partial charge >= 0.3 is 0 Å². The summed E-state index contributed by atoms with van der Waals surface area (Å²) < 4.78 is 0. The van der Waals surface area contributed by atoms with Crippen molar-refractivity contribution >= 4 is 11.0 Å². The summed E-state index contributed by atoms with van der Waals surface area (Å²) in [5.74, 6) is 0. The first-order chi connectivity index (χ1) is 4.47. The number of H-pyrrole nitrogens is 1. The topological polar surface area (TPSA) is 41.6 Å². The minimum absolute atomic E-state index is 0. The second kappa shape index (κ2) is 3.18. The van der Waals surface area contributed by atoms with E-state index in [-0.39, 0.29) is 31.1 Å². The number of nitrogens with zero attached hydrogens (tertiary/aromatic N) is 2. The van der Waals surface area contributed by atoms with Gasteiger partial charge in [-0.15, -0.1) is 0 Å². The molecule has 0 saturated carbocycles. The quantitative estimate of drug-likeness (QED) is 0.763. The van der Waals surface area contributed by atoms with Crippen molar-refractivity contribution in [2.24, 2.45) is 0 Å². The predicted octanol–water partition coefficient (Wildman–Crippen LogP) is 0.958. The molecule has 0 aliphatic carbocycles. The molecule has 0 amide bonds. The molecule has 4 heteroatoms. The zero-order valence-electron chi connectivity index (χ0n) is 5.20. The molecule has 2 rings (SSSR count). The van der Waals surface area contributed by atoms with Gasteiger partial charge in [0.15, 0.2) is 0 Å². The molecule has 0 fully saturated rings. The number of aromatic amines is 1. The van der Waals surface area contributed by atoms with E-state index in [0.717, 1.165) is 11.0 Å². The number of para-hydroxylation sites is 2. The van der Waals surface area contributed by atoms with Gasteiger partial charge in [0.1, 0.15) is 11.0 Å². The van der Waals surface area contributed by atoms with E-state index in [1.807, 2.05) is 24.3 Å². The van der Waals surface area contributed by atoms with Gasteiger partial charge in [0.05, 0.1) is 0 Å². The van der Waals surface area contributed by atoms with E-state index in [4.69, 9.17) is 0 Å². The summed E-state index contributed by atoms with van der Waals surface area (Å²) in [6.45, 7) is 0. The van der Waals surface area contributed by atoms with Crippen LogP contribution in [0.3, 0.4) is 0 Å². The van der Waals surface area contributed by atoms with Crippen molar-refractivity contribution in [2.45, 2.75) is 0 Å². The predicted molar refractivity (Wildman–Crippen MR) is 33.9 cm³/mol. The van der Waals surface area contributed by atoms with E-state index < -0.39 is 0 Å². The fourth-order valence-corrected chi connectivity index (χ4v) is 0.786. The minimum Gasteiger partial charge on any atom is -0.197 e. The molecule has 0 bridgehead atoms. The van der Waals surface area contributed by atoms with E-state index in [0.29, 0.717) is 0 Å². The van der Waals surface area contributed by atoms with Crippen LogP contribution in [0, 0.1) is 31.1 Å². The Bertz CT molecular complexity index is 287. The van der Waals surface area contributed by atoms with Crippen LogP contribution in [-0.4, -0.2) is 15.4 Å². The van der Waals surface area contributed by atoms with E-state index in [1.54, 1.807) is 0 Å². The molecular weight excluding hydrogens is 352 g/mol. The molecule has 0 unspecified atom stereocenters. The summed E-state index contributed by atoms with van der Waals surface area (Å²) in [6, 6.07) is 7.70. The summed E-state index contributed by atoms with van der Waals surface area (Å²) in [5, 5.41) is 10.3. The van der Waals surface area contributed by atoms with Crippen molar-refractivity contribution in [3.05, 3.63) is 24.3 Å². The third-order valence-corrected chi connectivity index (χ3v) is 1.22. The van der Waals surface area contributed by atoms with Crippen LogP contribution in [0.5, 0.6) is 0 Å². The maximum Gasteiger partial charge on any atom is 0.112 e. The molecule has 0 spiro atoms. The van der Waals surface area contributed by atoms with Gasteiger partial charge in [-0.2, -0.15) is 15.4 Å². The van der Waals surface area contributed by atoms with E-state index in [1.165, 1.54) is 0 Å². The second-order valence-electron chi connectivity index (χ2n) is 1.81. The summed E-state index contributed by atoms with van der Waals surface area (Å²) in [4.78, 5) is 0. The maximum absolute atomic E-state index is 3.88. The van der Waals surface area contributed by atoms with Gasteiger partial charge in [-0.25, -0.2) is 0 Å². The van der Waals surface area contributed by atoms with Crippen molar-refractivity contribution in [1.82, 2.24) is 15.4 Å². The van der Waals surface area contributed by atoms with Crippen molar-refractivity contribution in [1.29, 1.82) is 0 Å². The number of nitrogens with one attached hydrogen (secondary N) is 1. The molecular formula is C6H5N3U. The van der Waals surface area contributed by atoms with Crippen LogP contribution < -0.4 is 0 Å². The molecule has 1 heterocycles. The molecule has 0 aliphatic heterocycles. The third-order valence-electron chi connectivity index (χ3n) is 1.22. The van der Waals surface area contributed by atoms with Crippen LogP contribution >= 0.6 is 0 Å². The molecule has 10 heavy (non-hydrogen) atoms. The van der Waals surface area contributed by atoms with Crippen molar-refractivity contribution in [2.75, 3.05) is 0 Å². The Labute approximate surface area is 81.6 Å². The molecule has 1 aromatic heterocycles. The Hall–Kier alpha value is -0.328. The maximum atomic E-state index is 3.88. The SMILES string of the molecule is [U].c1ccc2n[nH]nc2c1. The Morgan fingerprint density at radius 1 is 1.00 bits per heavy atom. The van der Waals surface area contributed by atoms with Crippen LogP contribution in [0.4, 0.5) is 0 Å². The van der Waals surface area contributed by atoms with E-state index >= 15 is 0 Å².